The maximum absolute atomic E-state index is 4.48. The molecule has 1 unspecified atom stereocenters. The summed E-state index contributed by atoms with van der Waals surface area (Å²) >= 11 is 0. The smallest absolute Gasteiger partial charge is 0.180 e. The first kappa shape index (κ1) is 12.3. The van der Waals surface area contributed by atoms with Gasteiger partial charge in [-0.1, -0.05) is 6.42 Å². The van der Waals surface area contributed by atoms with Gasteiger partial charge in [0.05, 0.1) is 0 Å². The molecule has 0 amide bonds. The monoisotopic (exact) mass is 257 g/mol. The molecule has 5 heteroatoms. The Hall–Kier alpha value is -1.75. The van der Waals surface area contributed by atoms with E-state index in [1.54, 1.807) is 12.4 Å². The van der Waals surface area contributed by atoms with E-state index in [1.165, 1.54) is 25.8 Å². The number of nitrogens with one attached hydrogen (secondary N) is 1. The molecule has 0 radical (unpaired) electrons. The molecule has 0 aliphatic carbocycles. The minimum absolute atomic E-state index is 0.605. The van der Waals surface area contributed by atoms with Crippen molar-refractivity contribution < 1.29 is 0 Å². The summed E-state index contributed by atoms with van der Waals surface area (Å²) in [6.07, 6.45) is 7.27. The van der Waals surface area contributed by atoms with E-state index in [9.17, 15) is 0 Å². The van der Waals surface area contributed by atoms with E-state index in [0.29, 0.717) is 11.7 Å². The maximum atomic E-state index is 4.48. The molecule has 5 nitrogen and oxygen atoms in total. The number of aromatic nitrogens is 3. The third-order valence-corrected chi connectivity index (χ3v) is 3.77. The van der Waals surface area contributed by atoms with E-state index in [4.69, 9.17) is 0 Å². The van der Waals surface area contributed by atoms with Crippen LogP contribution in [-0.4, -0.2) is 46.0 Å². The molecular weight excluding hydrogens is 238 g/mol. The molecule has 1 aliphatic heterocycles. The second kappa shape index (κ2) is 5.48. The van der Waals surface area contributed by atoms with E-state index < -0.39 is 0 Å². The van der Waals surface area contributed by atoms with Crippen LogP contribution in [0, 0.1) is 0 Å². The lowest BCUT2D eigenvalue weighted by molar-refractivity contribution is 0.194. The first-order valence-corrected chi connectivity index (χ1v) is 6.85. The van der Waals surface area contributed by atoms with Crippen LogP contribution in [0.1, 0.15) is 19.3 Å². The second-order valence-corrected chi connectivity index (χ2v) is 5.11. The van der Waals surface area contributed by atoms with E-state index in [1.807, 2.05) is 12.1 Å². The van der Waals surface area contributed by atoms with Crippen LogP contribution in [0.3, 0.4) is 0 Å². The van der Waals surface area contributed by atoms with Crippen molar-refractivity contribution in [1.82, 2.24) is 19.9 Å². The number of piperidine rings is 1. The molecule has 0 spiro atoms. The van der Waals surface area contributed by atoms with Crippen LogP contribution in [0.2, 0.25) is 0 Å². The van der Waals surface area contributed by atoms with Crippen molar-refractivity contribution in [3.63, 3.8) is 0 Å². The maximum Gasteiger partial charge on any atom is 0.180 e. The van der Waals surface area contributed by atoms with Crippen molar-refractivity contribution in [2.75, 3.05) is 25.5 Å². The Balaban J connectivity index is 1.67. The van der Waals surface area contributed by atoms with Gasteiger partial charge in [-0.15, -0.1) is 0 Å². The van der Waals surface area contributed by atoms with Crippen molar-refractivity contribution in [2.24, 2.45) is 0 Å². The number of rotatable bonds is 3. The molecule has 3 heterocycles. The molecule has 19 heavy (non-hydrogen) atoms. The van der Waals surface area contributed by atoms with Crippen LogP contribution in [0.15, 0.2) is 24.5 Å². The van der Waals surface area contributed by atoms with Gasteiger partial charge in [-0.25, -0.2) is 9.97 Å². The van der Waals surface area contributed by atoms with Gasteiger partial charge in [0.1, 0.15) is 11.3 Å². The first-order valence-electron chi connectivity index (χ1n) is 6.85. The lowest BCUT2D eigenvalue weighted by Gasteiger charge is -2.32. The SMILES string of the molecule is CN1CCCCC1CNc1ccc2nccnc2n1. The predicted octanol–water partition coefficient (Wildman–Crippen LogP) is 1.92. The molecule has 0 bridgehead atoms. The fraction of sp³-hybridized carbons (Fsp3) is 0.500. The van der Waals surface area contributed by atoms with Gasteiger partial charge >= 0.3 is 0 Å². The molecule has 2 aromatic rings. The Morgan fingerprint density at radius 3 is 3.05 bits per heavy atom. The Labute approximate surface area is 113 Å². The Bertz CT molecular complexity index is 556. The van der Waals surface area contributed by atoms with Crippen LogP contribution in [-0.2, 0) is 0 Å². The van der Waals surface area contributed by atoms with Crippen molar-refractivity contribution in [2.45, 2.75) is 25.3 Å². The molecule has 1 atom stereocenters. The Morgan fingerprint density at radius 2 is 2.16 bits per heavy atom. The molecule has 1 aliphatic rings. The van der Waals surface area contributed by atoms with Crippen LogP contribution >= 0.6 is 0 Å². The highest BCUT2D eigenvalue weighted by atomic mass is 15.2. The first-order chi connectivity index (χ1) is 9.33. The largest absolute Gasteiger partial charge is 0.368 e. The average Bonchev–Trinajstić information content (AvgIpc) is 2.46. The summed E-state index contributed by atoms with van der Waals surface area (Å²) in [5.74, 6) is 0.881. The molecular formula is C14H19N5. The van der Waals surface area contributed by atoms with Crippen LogP contribution < -0.4 is 5.32 Å². The number of hydrogen-bond donors (Lipinski definition) is 1. The normalized spacial score (nSPS) is 20.6. The van der Waals surface area contributed by atoms with Crippen molar-refractivity contribution in [3.05, 3.63) is 24.5 Å². The fourth-order valence-electron chi connectivity index (χ4n) is 2.58. The van der Waals surface area contributed by atoms with Crippen LogP contribution in [0.4, 0.5) is 5.82 Å². The number of anilines is 1. The number of pyridine rings is 1. The standard InChI is InChI=1S/C14H19N5/c1-19-9-3-2-4-11(19)10-17-13-6-5-12-14(18-13)16-8-7-15-12/h5-8,11H,2-4,9-10H2,1H3,(H,16,17,18). The summed E-state index contributed by atoms with van der Waals surface area (Å²) in [6, 6.07) is 4.54. The number of likely N-dealkylation sites (N-methyl/N-ethyl adjacent to an activating group) is 1. The molecule has 0 saturated carbocycles. The van der Waals surface area contributed by atoms with Gasteiger partial charge in [-0.3, -0.25) is 4.98 Å². The van der Waals surface area contributed by atoms with Gasteiger partial charge in [-0.2, -0.15) is 0 Å². The van der Waals surface area contributed by atoms with E-state index >= 15 is 0 Å². The fourth-order valence-corrected chi connectivity index (χ4v) is 2.58. The summed E-state index contributed by atoms with van der Waals surface area (Å²) in [7, 11) is 2.20. The average molecular weight is 257 g/mol. The second-order valence-electron chi connectivity index (χ2n) is 5.11. The quantitative estimate of drug-likeness (QED) is 0.910. The van der Waals surface area contributed by atoms with Crippen molar-refractivity contribution in [3.8, 4) is 0 Å². The number of nitrogens with zero attached hydrogens (tertiary/aromatic N) is 4. The number of fused-ring (bicyclic) bond motifs is 1. The van der Waals surface area contributed by atoms with Crippen molar-refractivity contribution in [1.29, 1.82) is 0 Å². The molecule has 100 valence electrons. The van der Waals surface area contributed by atoms with E-state index in [-0.39, 0.29) is 0 Å². The zero-order valence-electron chi connectivity index (χ0n) is 11.2. The highest BCUT2D eigenvalue weighted by Crippen LogP contribution is 2.16. The summed E-state index contributed by atoms with van der Waals surface area (Å²) in [5.41, 5.74) is 1.53. The lowest BCUT2D eigenvalue weighted by atomic mass is 10.0. The minimum Gasteiger partial charge on any atom is -0.368 e. The van der Waals surface area contributed by atoms with Gasteiger partial charge in [0.15, 0.2) is 5.65 Å². The van der Waals surface area contributed by atoms with E-state index in [0.717, 1.165) is 17.9 Å². The third-order valence-electron chi connectivity index (χ3n) is 3.77. The Morgan fingerprint density at radius 1 is 1.26 bits per heavy atom. The zero-order chi connectivity index (χ0) is 13.1. The highest BCUT2D eigenvalue weighted by Gasteiger charge is 2.18. The summed E-state index contributed by atoms with van der Waals surface area (Å²) < 4.78 is 0. The molecule has 1 fully saturated rings. The molecule has 0 aromatic carbocycles. The summed E-state index contributed by atoms with van der Waals surface area (Å²) in [5, 5.41) is 3.42. The topological polar surface area (TPSA) is 53.9 Å². The summed E-state index contributed by atoms with van der Waals surface area (Å²) in [4.78, 5) is 15.4. The molecule has 3 rings (SSSR count). The van der Waals surface area contributed by atoms with E-state index in [2.05, 4.69) is 32.2 Å². The van der Waals surface area contributed by atoms with Gasteiger partial charge < -0.3 is 10.2 Å². The van der Waals surface area contributed by atoms with Gasteiger partial charge in [-0.05, 0) is 38.6 Å². The summed E-state index contributed by atoms with van der Waals surface area (Å²) in [6.45, 7) is 2.14. The molecule has 2 aromatic heterocycles. The Kier molecular flexibility index (Phi) is 3.55. The number of likely N-dealkylation sites (tertiary alicyclic amines) is 1. The van der Waals surface area contributed by atoms with Gasteiger partial charge in [0, 0.05) is 25.0 Å². The zero-order valence-corrected chi connectivity index (χ0v) is 11.2. The predicted molar refractivity (Wildman–Crippen MR) is 76.1 cm³/mol. The van der Waals surface area contributed by atoms with Crippen molar-refractivity contribution >= 4 is 17.0 Å². The lowest BCUT2D eigenvalue weighted by Crippen LogP contribution is -2.40. The van der Waals surface area contributed by atoms with Gasteiger partial charge in [0.25, 0.3) is 0 Å². The van der Waals surface area contributed by atoms with Crippen LogP contribution in [0.25, 0.3) is 11.2 Å². The number of hydrogen-bond acceptors (Lipinski definition) is 5. The third kappa shape index (κ3) is 2.81. The minimum atomic E-state index is 0.605. The van der Waals surface area contributed by atoms with Gasteiger partial charge in [0.2, 0.25) is 0 Å². The highest BCUT2D eigenvalue weighted by molar-refractivity contribution is 5.71. The molecule has 1 saturated heterocycles. The molecule has 1 N–H and O–H groups in total. The van der Waals surface area contributed by atoms with Crippen LogP contribution in [0.5, 0.6) is 0 Å².